The lowest BCUT2D eigenvalue weighted by molar-refractivity contribution is -0.142. The lowest BCUT2D eigenvalue weighted by Gasteiger charge is -2.21. The van der Waals surface area contributed by atoms with Crippen molar-refractivity contribution in [2.24, 2.45) is 5.92 Å². The van der Waals surface area contributed by atoms with Crippen LogP contribution >= 0.6 is 0 Å². The Morgan fingerprint density at radius 3 is 2.40 bits per heavy atom. The molecule has 2 fully saturated rings. The van der Waals surface area contributed by atoms with Gasteiger partial charge in [0.25, 0.3) is 0 Å². The summed E-state index contributed by atoms with van der Waals surface area (Å²) in [6, 6.07) is 0.683. The van der Waals surface area contributed by atoms with Gasteiger partial charge in [0, 0.05) is 12.1 Å². The zero-order valence-corrected chi connectivity index (χ0v) is 9.04. The van der Waals surface area contributed by atoms with E-state index in [0.717, 1.165) is 19.3 Å². The number of aliphatic carboxylic acids is 1. The lowest BCUT2D eigenvalue weighted by Crippen LogP contribution is -2.48. The molecule has 2 saturated carbocycles. The number of carboxylic acids is 1. The maximum atomic E-state index is 10.9. The molecule has 0 spiro atoms. The molecule has 0 radical (unpaired) electrons. The second kappa shape index (κ2) is 4.94. The van der Waals surface area contributed by atoms with Crippen LogP contribution in [0, 0.1) is 5.92 Å². The highest BCUT2D eigenvalue weighted by atomic mass is 16.4. The van der Waals surface area contributed by atoms with E-state index < -0.39 is 5.97 Å². The van der Waals surface area contributed by atoms with E-state index in [1.54, 1.807) is 0 Å². The second-order valence-corrected chi connectivity index (χ2v) is 4.75. The number of hydrazine groups is 1. The first-order chi connectivity index (χ1) is 7.27. The molecule has 86 valence electrons. The van der Waals surface area contributed by atoms with Gasteiger partial charge in [-0.3, -0.25) is 15.6 Å². The fraction of sp³-hybridized carbons (Fsp3) is 0.909. The largest absolute Gasteiger partial charge is 0.481 e. The molecule has 4 heteroatoms. The van der Waals surface area contributed by atoms with Gasteiger partial charge in [0.05, 0.1) is 5.92 Å². The molecule has 0 amide bonds. The highest BCUT2D eigenvalue weighted by Gasteiger charge is 2.33. The van der Waals surface area contributed by atoms with E-state index >= 15 is 0 Å². The van der Waals surface area contributed by atoms with Crippen molar-refractivity contribution in [2.45, 2.75) is 57.0 Å². The minimum absolute atomic E-state index is 0.128. The molecule has 0 bridgehead atoms. The molecule has 2 aliphatic rings. The third kappa shape index (κ3) is 2.69. The highest BCUT2D eigenvalue weighted by molar-refractivity contribution is 5.71. The minimum atomic E-state index is -0.654. The second-order valence-electron chi connectivity index (χ2n) is 4.75. The molecule has 15 heavy (non-hydrogen) atoms. The SMILES string of the molecule is O=C(O)[C@H]1CCC[C@@H]1NNC1CCCC1. The Labute approximate surface area is 90.4 Å². The van der Waals surface area contributed by atoms with Gasteiger partial charge in [-0.1, -0.05) is 19.3 Å². The van der Waals surface area contributed by atoms with Crippen molar-refractivity contribution in [2.75, 3.05) is 0 Å². The highest BCUT2D eigenvalue weighted by Crippen LogP contribution is 2.25. The number of carboxylic acid groups (broad SMARTS) is 1. The number of rotatable bonds is 4. The Bertz CT molecular complexity index is 227. The molecular weight excluding hydrogens is 192 g/mol. The summed E-state index contributed by atoms with van der Waals surface area (Å²) in [5, 5.41) is 9.01. The predicted octanol–water partition coefficient (Wildman–Crippen LogP) is 1.28. The molecule has 0 unspecified atom stereocenters. The van der Waals surface area contributed by atoms with Crippen LogP contribution in [-0.4, -0.2) is 23.2 Å². The number of carbonyl (C=O) groups is 1. The average molecular weight is 212 g/mol. The number of nitrogens with one attached hydrogen (secondary N) is 2. The van der Waals surface area contributed by atoms with Crippen LogP contribution in [0.4, 0.5) is 0 Å². The van der Waals surface area contributed by atoms with Crippen LogP contribution in [0.2, 0.25) is 0 Å². The van der Waals surface area contributed by atoms with Crippen LogP contribution in [-0.2, 0) is 4.79 Å². The zero-order valence-electron chi connectivity index (χ0n) is 9.04. The molecule has 4 nitrogen and oxygen atoms in total. The Morgan fingerprint density at radius 1 is 1.00 bits per heavy atom. The summed E-state index contributed by atoms with van der Waals surface area (Å²) < 4.78 is 0. The van der Waals surface area contributed by atoms with Crippen LogP contribution in [0.25, 0.3) is 0 Å². The van der Waals surface area contributed by atoms with Gasteiger partial charge < -0.3 is 5.11 Å². The number of hydrogen-bond donors (Lipinski definition) is 3. The van der Waals surface area contributed by atoms with Crippen LogP contribution in [0.15, 0.2) is 0 Å². The van der Waals surface area contributed by atoms with Crippen molar-refractivity contribution in [3.63, 3.8) is 0 Å². The van der Waals surface area contributed by atoms with Crippen molar-refractivity contribution >= 4 is 5.97 Å². The molecule has 2 atom stereocenters. The van der Waals surface area contributed by atoms with E-state index in [0.29, 0.717) is 6.04 Å². The fourth-order valence-corrected chi connectivity index (χ4v) is 2.72. The van der Waals surface area contributed by atoms with Crippen LogP contribution in [0.3, 0.4) is 0 Å². The van der Waals surface area contributed by atoms with Gasteiger partial charge in [0.15, 0.2) is 0 Å². The Balaban J connectivity index is 1.75. The predicted molar refractivity (Wildman–Crippen MR) is 57.3 cm³/mol. The van der Waals surface area contributed by atoms with Gasteiger partial charge in [0.1, 0.15) is 0 Å². The smallest absolute Gasteiger partial charge is 0.308 e. The van der Waals surface area contributed by atoms with E-state index in [2.05, 4.69) is 10.9 Å². The Morgan fingerprint density at radius 2 is 1.73 bits per heavy atom. The molecule has 2 rings (SSSR count). The van der Waals surface area contributed by atoms with Crippen molar-refractivity contribution in [1.29, 1.82) is 0 Å². The van der Waals surface area contributed by atoms with Crippen LogP contribution in [0.5, 0.6) is 0 Å². The molecule has 0 aromatic carbocycles. The summed E-state index contributed by atoms with van der Waals surface area (Å²) in [7, 11) is 0. The van der Waals surface area contributed by atoms with Gasteiger partial charge >= 0.3 is 5.97 Å². The third-order valence-corrected chi connectivity index (χ3v) is 3.66. The molecule has 0 aliphatic heterocycles. The number of hydrogen-bond acceptors (Lipinski definition) is 3. The molecular formula is C11H20N2O2. The molecule has 0 saturated heterocycles. The van der Waals surface area contributed by atoms with Gasteiger partial charge in [0.2, 0.25) is 0 Å². The van der Waals surface area contributed by atoms with Gasteiger partial charge in [-0.2, -0.15) is 0 Å². The first-order valence-electron chi connectivity index (χ1n) is 6.01. The summed E-state index contributed by atoms with van der Waals surface area (Å²) in [6.45, 7) is 0. The minimum Gasteiger partial charge on any atom is -0.481 e. The first kappa shape index (κ1) is 10.9. The first-order valence-corrected chi connectivity index (χ1v) is 6.01. The zero-order chi connectivity index (χ0) is 10.7. The topological polar surface area (TPSA) is 61.4 Å². The summed E-state index contributed by atoms with van der Waals surface area (Å²) in [5.74, 6) is -0.850. The fourth-order valence-electron chi connectivity index (χ4n) is 2.72. The van der Waals surface area contributed by atoms with Gasteiger partial charge in [-0.25, -0.2) is 0 Å². The molecule has 3 N–H and O–H groups in total. The van der Waals surface area contributed by atoms with Gasteiger partial charge in [-0.15, -0.1) is 0 Å². The molecule has 0 aromatic heterocycles. The van der Waals surface area contributed by atoms with E-state index in [4.69, 9.17) is 5.11 Å². The lowest BCUT2D eigenvalue weighted by atomic mass is 10.1. The van der Waals surface area contributed by atoms with Crippen molar-refractivity contribution in [3.05, 3.63) is 0 Å². The summed E-state index contributed by atoms with van der Waals surface area (Å²) in [5.41, 5.74) is 6.52. The van der Waals surface area contributed by atoms with Crippen LogP contribution in [0.1, 0.15) is 44.9 Å². The van der Waals surface area contributed by atoms with E-state index in [9.17, 15) is 4.79 Å². The molecule has 0 aromatic rings. The summed E-state index contributed by atoms with van der Waals surface area (Å²) in [6.07, 6.45) is 7.87. The van der Waals surface area contributed by atoms with E-state index in [1.165, 1.54) is 25.7 Å². The van der Waals surface area contributed by atoms with Gasteiger partial charge in [-0.05, 0) is 25.7 Å². The standard InChI is InChI=1S/C11H20N2O2/c14-11(15)9-6-3-7-10(9)13-12-8-4-1-2-5-8/h8-10,12-13H,1-7H2,(H,14,15)/t9-,10-/m0/s1. The summed E-state index contributed by atoms with van der Waals surface area (Å²) >= 11 is 0. The van der Waals surface area contributed by atoms with E-state index in [-0.39, 0.29) is 12.0 Å². The quantitative estimate of drug-likeness (QED) is 0.614. The third-order valence-electron chi connectivity index (χ3n) is 3.66. The normalized spacial score (nSPS) is 32.3. The molecule has 0 heterocycles. The van der Waals surface area contributed by atoms with Crippen molar-refractivity contribution in [1.82, 2.24) is 10.9 Å². The van der Waals surface area contributed by atoms with Crippen LogP contribution < -0.4 is 10.9 Å². The van der Waals surface area contributed by atoms with Crippen molar-refractivity contribution < 1.29 is 9.90 Å². The summed E-state index contributed by atoms with van der Waals surface area (Å²) in [4.78, 5) is 10.9. The van der Waals surface area contributed by atoms with E-state index in [1.807, 2.05) is 0 Å². The monoisotopic (exact) mass is 212 g/mol. The molecule has 2 aliphatic carbocycles. The average Bonchev–Trinajstić information content (AvgIpc) is 2.86. The Hall–Kier alpha value is -0.610. The van der Waals surface area contributed by atoms with Crippen molar-refractivity contribution in [3.8, 4) is 0 Å². The maximum absolute atomic E-state index is 10.9. The maximum Gasteiger partial charge on any atom is 0.308 e. The Kier molecular flexibility index (Phi) is 3.59.